The SMILES string of the molecule is COc1ccccc1OCCOc1c(Br)cc(/C=C2/C(=N)N3OC(C)=CC3=NC2=O)cc1OC. The molecule has 2 aromatic rings. The number of nitrogens with zero attached hydrogens (tertiary/aromatic N) is 2. The van der Waals surface area contributed by atoms with Gasteiger partial charge in [0, 0.05) is 6.08 Å². The lowest BCUT2D eigenvalue weighted by molar-refractivity contribution is -0.114. The average molecular weight is 528 g/mol. The normalized spacial score (nSPS) is 16.0. The minimum absolute atomic E-state index is 0.0907. The van der Waals surface area contributed by atoms with E-state index in [1.54, 1.807) is 38.3 Å². The Labute approximate surface area is 204 Å². The number of hydrogen-bond acceptors (Lipinski definition) is 7. The molecule has 0 aliphatic carbocycles. The number of hydrogen-bond donors (Lipinski definition) is 1. The number of nitrogens with one attached hydrogen (secondary N) is 1. The van der Waals surface area contributed by atoms with Crippen molar-refractivity contribution in [3.05, 3.63) is 63.8 Å². The Kier molecular flexibility index (Phi) is 6.87. The van der Waals surface area contributed by atoms with E-state index < -0.39 is 5.91 Å². The van der Waals surface area contributed by atoms with Crippen molar-refractivity contribution in [1.82, 2.24) is 5.06 Å². The third kappa shape index (κ3) is 4.76. The average Bonchev–Trinajstić information content (AvgIpc) is 3.20. The predicted molar refractivity (Wildman–Crippen MR) is 130 cm³/mol. The van der Waals surface area contributed by atoms with Crippen LogP contribution in [0.4, 0.5) is 0 Å². The van der Waals surface area contributed by atoms with Gasteiger partial charge in [0.05, 0.1) is 24.3 Å². The van der Waals surface area contributed by atoms with Crippen LogP contribution in [0.25, 0.3) is 6.08 Å². The Morgan fingerprint density at radius 2 is 1.79 bits per heavy atom. The number of benzene rings is 2. The molecule has 9 nitrogen and oxygen atoms in total. The zero-order valence-electron chi connectivity index (χ0n) is 18.8. The Morgan fingerprint density at radius 3 is 2.53 bits per heavy atom. The molecule has 4 rings (SSSR count). The molecule has 176 valence electrons. The summed E-state index contributed by atoms with van der Waals surface area (Å²) < 4.78 is 23.0. The maximum atomic E-state index is 12.5. The fraction of sp³-hybridized carbons (Fsp3) is 0.208. The molecular weight excluding hydrogens is 506 g/mol. The molecule has 2 aliphatic rings. The maximum absolute atomic E-state index is 12.5. The van der Waals surface area contributed by atoms with Crippen LogP contribution in [0.1, 0.15) is 12.5 Å². The summed E-state index contributed by atoms with van der Waals surface area (Å²) in [6.45, 7) is 2.27. The standard InChI is InChI=1S/C24H22BrN3O6/c1-14-10-21-27-24(29)16(23(26)28(21)34-14)11-15-12-17(25)22(20(13-15)31-3)33-9-8-32-19-7-5-4-6-18(19)30-2/h4-7,10-13,26H,8-9H2,1-3H3/b16-11-,26-23?. The Morgan fingerprint density at radius 1 is 1.09 bits per heavy atom. The summed E-state index contributed by atoms with van der Waals surface area (Å²) >= 11 is 3.50. The highest BCUT2D eigenvalue weighted by Crippen LogP contribution is 2.38. The van der Waals surface area contributed by atoms with E-state index in [0.29, 0.717) is 44.6 Å². The van der Waals surface area contributed by atoms with Gasteiger partial charge in [-0.3, -0.25) is 10.2 Å². The fourth-order valence-electron chi connectivity index (χ4n) is 3.36. The first-order valence-electron chi connectivity index (χ1n) is 10.3. The van der Waals surface area contributed by atoms with Crippen LogP contribution in [0, 0.1) is 5.41 Å². The summed E-state index contributed by atoms with van der Waals surface area (Å²) in [6.07, 6.45) is 3.16. The molecule has 0 spiro atoms. The summed E-state index contributed by atoms with van der Waals surface area (Å²) in [5.74, 6) is 2.44. The highest BCUT2D eigenvalue weighted by Gasteiger charge is 2.34. The van der Waals surface area contributed by atoms with Gasteiger partial charge in [0.1, 0.15) is 19.0 Å². The lowest BCUT2D eigenvalue weighted by Gasteiger charge is -2.23. The molecule has 2 aromatic carbocycles. The van der Waals surface area contributed by atoms with Crippen molar-refractivity contribution in [1.29, 1.82) is 5.41 Å². The van der Waals surface area contributed by atoms with Gasteiger partial charge in [-0.2, -0.15) is 4.99 Å². The highest BCUT2D eigenvalue weighted by molar-refractivity contribution is 9.10. The first kappa shape index (κ1) is 23.4. The number of ether oxygens (including phenoxy) is 4. The van der Waals surface area contributed by atoms with Crippen LogP contribution in [0.5, 0.6) is 23.0 Å². The van der Waals surface area contributed by atoms with E-state index in [4.69, 9.17) is 29.2 Å². The minimum Gasteiger partial charge on any atom is -0.493 e. The second-order valence-corrected chi connectivity index (χ2v) is 8.06. The van der Waals surface area contributed by atoms with Crippen molar-refractivity contribution in [3.8, 4) is 23.0 Å². The first-order valence-corrected chi connectivity index (χ1v) is 11.1. The van der Waals surface area contributed by atoms with E-state index in [-0.39, 0.29) is 24.6 Å². The number of allylic oxidation sites excluding steroid dienone is 1. The number of halogens is 1. The predicted octanol–water partition coefficient (Wildman–Crippen LogP) is 4.37. The summed E-state index contributed by atoms with van der Waals surface area (Å²) in [7, 11) is 3.11. The topological polar surface area (TPSA) is 103 Å². The van der Waals surface area contributed by atoms with E-state index in [9.17, 15) is 4.79 Å². The molecular formula is C24H22BrN3O6. The molecule has 1 amide bonds. The van der Waals surface area contributed by atoms with E-state index in [1.165, 1.54) is 12.2 Å². The first-order chi connectivity index (χ1) is 16.4. The summed E-state index contributed by atoms with van der Waals surface area (Å²) in [6, 6.07) is 10.8. The number of rotatable bonds is 8. The van der Waals surface area contributed by atoms with E-state index in [0.717, 1.165) is 0 Å². The van der Waals surface area contributed by atoms with Crippen molar-refractivity contribution < 1.29 is 28.6 Å². The lowest BCUT2D eigenvalue weighted by atomic mass is 10.1. The van der Waals surface area contributed by atoms with Crippen LogP contribution >= 0.6 is 15.9 Å². The molecule has 0 aromatic heterocycles. The minimum atomic E-state index is -0.519. The molecule has 2 heterocycles. The summed E-state index contributed by atoms with van der Waals surface area (Å²) in [5.41, 5.74) is 0.719. The molecule has 0 atom stereocenters. The Hall–Kier alpha value is -3.79. The fourth-order valence-corrected chi connectivity index (χ4v) is 3.94. The van der Waals surface area contributed by atoms with Gasteiger partial charge in [0.15, 0.2) is 34.7 Å². The smallest absolute Gasteiger partial charge is 0.282 e. The molecule has 34 heavy (non-hydrogen) atoms. The van der Waals surface area contributed by atoms with Gasteiger partial charge < -0.3 is 23.8 Å². The van der Waals surface area contributed by atoms with Crippen molar-refractivity contribution in [2.45, 2.75) is 6.92 Å². The van der Waals surface area contributed by atoms with Crippen LogP contribution in [0.15, 0.2) is 63.3 Å². The monoisotopic (exact) mass is 527 g/mol. The van der Waals surface area contributed by atoms with Gasteiger partial charge >= 0.3 is 0 Å². The largest absolute Gasteiger partial charge is 0.493 e. The number of para-hydroxylation sites is 2. The number of fused-ring (bicyclic) bond motifs is 1. The molecule has 10 heteroatoms. The van der Waals surface area contributed by atoms with Crippen molar-refractivity contribution in [2.75, 3.05) is 27.4 Å². The van der Waals surface area contributed by atoms with Crippen molar-refractivity contribution in [2.24, 2.45) is 4.99 Å². The number of amides is 1. The third-order valence-electron chi connectivity index (χ3n) is 4.90. The second-order valence-electron chi connectivity index (χ2n) is 7.20. The summed E-state index contributed by atoms with van der Waals surface area (Å²) in [4.78, 5) is 22.0. The van der Waals surface area contributed by atoms with Crippen LogP contribution in [-0.4, -0.2) is 50.1 Å². The quantitative estimate of drug-likeness (QED) is 0.401. The lowest BCUT2D eigenvalue weighted by Crippen LogP contribution is -2.38. The molecule has 0 saturated heterocycles. The number of carbonyl (C=O) groups is 1. The van der Waals surface area contributed by atoms with Crippen LogP contribution in [0.3, 0.4) is 0 Å². The molecule has 0 saturated carbocycles. The maximum Gasteiger partial charge on any atom is 0.282 e. The molecule has 0 radical (unpaired) electrons. The Balaban J connectivity index is 1.48. The van der Waals surface area contributed by atoms with Gasteiger partial charge in [-0.05, 0) is 58.8 Å². The molecule has 1 N–H and O–H groups in total. The van der Waals surface area contributed by atoms with Gasteiger partial charge in [0.25, 0.3) is 5.91 Å². The molecule has 2 aliphatic heterocycles. The Bertz CT molecular complexity index is 1240. The highest BCUT2D eigenvalue weighted by atomic mass is 79.9. The molecule has 0 unspecified atom stereocenters. The zero-order chi connectivity index (χ0) is 24.2. The van der Waals surface area contributed by atoms with Gasteiger partial charge in [-0.1, -0.05) is 12.1 Å². The molecule has 0 fully saturated rings. The summed E-state index contributed by atoms with van der Waals surface area (Å²) in [5, 5.41) is 9.57. The molecule has 0 bridgehead atoms. The number of carbonyl (C=O) groups excluding carboxylic acids is 1. The van der Waals surface area contributed by atoms with Crippen LogP contribution < -0.4 is 18.9 Å². The number of aliphatic imine (C=N–C) groups is 1. The number of methoxy groups -OCH3 is 2. The van der Waals surface area contributed by atoms with Gasteiger partial charge in [0.2, 0.25) is 0 Å². The van der Waals surface area contributed by atoms with Crippen LogP contribution in [-0.2, 0) is 9.63 Å². The third-order valence-corrected chi connectivity index (χ3v) is 5.49. The van der Waals surface area contributed by atoms with Gasteiger partial charge in [-0.25, -0.2) is 0 Å². The van der Waals surface area contributed by atoms with E-state index in [2.05, 4.69) is 20.9 Å². The van der Waals surface area contributed by atoms with Crippen molar-refractivity contribution in [3.63, 3.8) is 0 Å². The van der Waals surface area contributed by atoms with E-state index >= 15 is 0 Å². The van der Waals surface area contributed by atoms with Gasteiger partial charge in [-0.15, -0.1) is 5.06 Å². The zero-order valence-corrected chi connectivity index (χ0v) is 20.3. The number of hydroxylamine groups is 2. The second kappa shape index (κ2) is 10.0. The van der Waals surface area contributed by atoms with E-state index in [1.807, 2.05) is 24.3 Å². The number of amidine groups is 2. The van der Waals surface area contributed by atoms with Crippen molar-refractivity contribution >= 4 is 39.6 Å². The van der Waals surface area contributed by atoms with Crippen LogP contribution in [0.2, 0.25) is 0 Å².